The summed E-state index contributed by atoms with van der Waals surface area (Å²) in [6, 6.07) is 5.99. The van der Waals surface area contributed by atoms with Crippen molar-refractivity contribution in [3.8, 4) is 11.5 Å². The summed E-state index contributed by atoms with van der Waals surface area (Å²) in [4.78, 5) is 0. The Morgan fingerprint density at radius 3 is 2.74 bits per heavy atom. The zero-order valence-corrected chi connectivity index (χ0v) is 11.5. The van der Waals surface area contributed by atoms with Crippen LogP contribution < -0.4 is 5.73 Å². The Morgan fingerprint density at radius 1 is 1.32 bits per heavy atom. The highest BCUT2D eigenvalue weighted by atomic mass is 32.2. The molecule has 1 aromatic heterocycles. The van der Waals surface area contributed by atoms with Crippen LogP contribution in [0.2, 0.25) is 0 Å². The monoisotopic (exact) mass is 281 g/mol. The summed E-state index contributed by atoms with van der Waals surface area (Å²) < 4.78 is 18.3. The van der Waals surface area contributed by atoms with Crippen LogP contribution in [0, 0.1) is 11.7 Å². The molecule has 4 nitrogen and oxygen atoms in total. The summed E-state index contributed by atoms with van der Waals surface area (Å²) in [5.74, 6) is 2.82. The Hall–Kier alpha value is -1.40. The molecule has 2 N–H and O–H groups in total. The highest BCUT2D eigenvalue weighted by Crippen LogP contribution is 2.20. The fourth-order valence-electron chi connectivity index (χ4n) is 1.44. The number of hydrogen-bond acceptors (Lipinski definition) is 5. The molecule has 0 fully saturated rings. The number of aromatic nitrogens is 2. The Kier molecular flexibility index (Phi) is 4.93. The molecule has 1 unspecified atom stereocenters. The topological polar surface area (TPSA) is 64.9 Å². The summed E-state index contributed by atoms with van der Waals surface area (Å²) in [6.07, 6.45) is 0. The minimum Gasteiger partial charge on any atom is -0.420 e. The zero-order chi connectivity index (χ0) is 13.7. The fourth-order valence-corrected chi connectivity index (χ4v) is 2.38. The number of halogens is 1. The third-order valence-electron chi connectivity index (χ3n) is 2.59. The maximum absolute atomic E-state index is 12.8. The van der Waals surface area contributed by atoms with Gasteiger partial charge in [0.05, 0.1) is 5.75 Å². The van der Waals surface area contributed by atoms with Crippen molar-refractivity contribution in [1.82, 2.24) is 10.2 Å². The molecule has 0 aliphatic heterocycles. The lowest BCUT2D eigenvalue weighted by molar-refractivity contribution is 0.528. The molecule has 2 rings (SSSR count). The van der Waals surface area contributed by atoms with E-state index in [1.54, 1.807) is 23.9 Å². The zero-order valence-electron chi connectivity index (χ0n) is 10.7. The first-order valence-corrected chi connectivity index (χ1v) is 7.20. The van der Waals surface area contributed by atoms with Gasteiger partial charge in [-0.2, -0.15) is 11.8 Å². The number of nitrogens with zero attached hydrogens (tertiary/aromatic N) is 2. The maximum atomic E-state index is 12.8. The van der Waals surface area contributed by atoms with Crippen LogP contribution in [0.3, 0.4) is 0 Å². The van der Waals surface area contributed by atoms with Gasteiger partial charge in [0, 0.05) is 5.56 Å². The van der Waals surface area contributed by atoms with Crippen LogP contribution >= 0.6 is 11.8 Å². The molecule has 0 saturated carbocycles. The molecule has 0 saturated heterocycles. The van der Waals surface area contributed by atoms with Crippen molar-refractivity contribution in [3.05, 3.63) is 36.0 Å². The maximum Gasteiger partial charge on any atom is 0.247 e. The molecular weight excluding hydrogens is 265 g/mol. The van der Waals surface area contributed by atoms with Gasteiger partial charge in [0.25, 0.3) is 0 Å². The number of rotatable bonds is 6. The van der Waals surface area contributed by atoms with E-state index in [0.29, 0.717) is 30.0 Å². The first kappa shape index (κ1) is 14.0. The summed E-state index contributed by atoms with van der Waals surface area (Å²) in [7, 11) is 0. The van der Waals surface area contributed by atoms with E-state index in [-0.39, 0.29) is 5.82 Å². The Labute approximate surface area is 115 Å². The first-order valence-electron chi connectivity index (χ1n) is 6.05. The third kappa shape index (κ3) is 4.04. The number of hydrogen-bond donors (Lipinski definition) is 1. The summed E-state index contributed by atoms with van der Waals surface area (Å²) in [6.45, 7) is 2.78. The SMILES string of the molecule is CC(CN)CSCc1nnc(-c2ccc(F)cc2)o1. The predicted molar refractivity (Wildman–Crippen MR) is 74.1 cm³/mol. The van der Waals surface area contributed by atoms with Crippen LogP contribution in [0.1, 0.15) is 12.8 Å². The van der Waals surface area contributed by atoms with Gasteiger partial charge in [0.2, 0.25) is 11.8 Å². The van der Waals surface area contributed by atoms with Crippen molar-refractivity contribution in [1.29, 1.82) is 0 Å². The number of thioether (sulfide) groups is 1. The second-order valence-electron chi connectivity index (χ2n) is 4.36. The third-order valence-corrected chi connectivity index (χ3v) is 3.84. The number of nitrogens with two attached hydrogens (primary N) is 1. The van der Waals surface area contributed by atoms with Crippen LogP contribution in [0.4, 0.5) is 4.39 Å². The molecule has 0 bridgehead atoms. The van der Waals surface area contributed by atoms with E-state index >= 15 is 0 Å². The van der Waals surface area contributed by atoms with Gasteiger partial charge in [-0.05, 0) is 42.5 Å². The average molecular weight is 281 g/mol. The van der Waals surface area contributed by atoms with Crippen molar-refractivity contribution in [2.24, 2.45) is 11.7 Å². The molecule has 1 aromatic carbocycles. The summed E-state index contributed by atoms with van der Waals surface area (Å²) >= 11 is 1.71. The van der Waals surface area contributed by atoms with Crippen molar-refractivity contribution in [2.45, 2.75) is 12.7 Å². The molecule has 0 radical (unpaired) electrons. The van der Waals surface area contributed by atoms with Gasteiger partial charge in [-0.25, -0.2) is 4.39 Å². The Morgan fingerprint density at radius 2 is 2.05 bits per heavy atom. The largest absolute Gasteiger partial charge is 0.420 e. The van der Waals surface area contributed by atoms with Gasteiger partial charge in [-0.15, -0.1) is 10.2 Å². The van der Waals surface area contributed by atoms with Crippen molar-refractivity contribution in [3.63, 3.8) is 0 Å². The smallest absolute Gasteiger partial charge is 0.247 e. The molecule has 2 aromatic rings. The molecule has 0 aliphatic rings. The van der Waals surface area contributed by atoms with Crippen LogP contribution in [0.15, 0.2) is 28.7 Å². The van der Waals surface area contributed by atoms with Crippen molar-refractivity contribution in [2.75, 3.05) is 12.3 Å². The fraction of sp³-hybridized carbons (Fsp3) is 0.385. The van der Waals surface area contributed by atoms with Gasteiger partial charge >= 0.3 is 0 Å². The highest BCUT2D eigenvalue weighted by Gasteiger charge is 2.09. The van der Waals surface area contributed by atoms with Crippen LogP contribution in [0.25, 0.3) is 11.5 Å². The predicted octanol–water partition coefficient (Wildman–Crippen LogP) is 2.70. The number of benzene rings is 1. The van der Waals surface area contributed by atoms with Crippen molar-refractivity contribution < 1.29 is 8.81 Å². The van der Waals surface area contributed by atoms with Crippen LogP contribution in [-0.4, -0.2) is 22.5 Å². The average Bonchev–Trinajstić information content (AvgIpc) is 2.88. The van der Waals surface area contributed by atoms with E-state index in [4.69, 9.17) is 10.2 Å². The van der Waals surface area contributed by atoms with Crippen LogP contribution in [-0.2, 0) is 5.75 Å². The molecule has 0 amide bonds. The van der Waals surface area contributed by atoms with E-state index in [9.17, 15) is 4.39 Å². The summed E-state index contributed by atoms with van der Waals surface area (Å²) in [5, 5.41) is 7.93. The molecule has 6 heteroatoms. The molecule has 19 heavy (non-hydrogen) atoms. The molecule has 0 aliphatic carbocycles. The summed E-state index contributed by atoms with van der Waals surface area (Å²) in [5.41, 5.74) is 6.27. The quantitative estimate of drug-likeness (QED) is 0.882. The van der Waals surface area contributed by atoms with Crippen molar-refractivity contribution >= 4 is 11.8 Å². The van der Waals surface area contributed by atoms with Gasteiger partial charge in [0.15, 0.2) is 0 Å². The van der Waals surface area contributed by atoms with E-state index in [2.05, 4.69) is 17.1 Å². The Bertz CT molecular complexity index is 515. The minimum absolute atomic E-state index is 0.283. The van der Waals surface area contributed by atoms with Gasteiger partial charge < -0.3 is 10.2 Å². The standard InChI is InChI=1S/C13H16FN3OS/c1-9(6-15)7-19-8-12-16-17-13(18-12)10-2-4-11(14)5-3-10/h2-5,9H,6-8,15H2,1H3. The van der Waals surface area contributed by atoms with E-state index in [1.807, 2.05) is 0 Å². The van der Waals surface area contributed by atoms with Crippen LogP contribution in [0.5, 0.6) is 0 Å². The molecule has 102 valence electrons. The van der Waals surface area contributed by atoms with E-state index in [1.165, 1.54) is 12.1 Å². The highest BCUT2D eigenvalue weighted by molar-refractivity contribution is 7.98. The lowest BCUT2D eigenvalue weighted by Crippen LogP contribution is -2.12. The van der Waals surface area contributed by atoms with Gasteiger partial charge in [0.1, 0.15) is 5.82 Å². The lowest BCUT2D eigenvalue weighted by atomic mass is 10.2. The van der Waals surface area contributed by atoms with E-state index in [0.717, 1.165) is 11.3 Å². The molecular formula is C13H16FN3OS. The molecule has 0 spiro atoms. The lowest BCUT2D eigenvalue weighted by Gasteiger charge is -2.05. The van der Waals surface area contributed by atoms with Gasteiger partial charge in [-0.1, -0.05) is 6.92 Å². The first-order chi connectivity index (χ1) is 9.19. The Balaban J connectivity index is 1.93. The normalized spacial score (nSPS) is 12.6. The molecule has 1 heterocycles. The second-order valence-corrected chi connectivity index (χ2v) is 5.39. The molecule has 1 atom stereocenters. The van der Waals surface area contributed by atoms with Gasteiger partial charge in [-0.3, -0.25) is 0 Å². The van der Waals surface area contributed by atoms with E-state index < -0.39 is 0 Å². The minimum atomic E-state index is -0.283. The second kappa shape index (κ2) is 6.68.